The van der Waals surface area contributed by atoms with Crippen molar-refractivity contribution < 1.29 is 14.3 Å². The summed E-state index contributed by atoms with van der Waals surface area (Å²) in [6.45, 7) is -0.139. The van der Waals surface area contributed by atoms with E-state index >= 15 is 0 Å². The second-order valence-corrected chi connectivity index (χ2v) is 6.11. The van der Waals surface area contributed by atoms with Crippen LogP contribution >= 0.6 is 0 Å². The maximum Gasteiger partial charge on any atom is 0.277 e. The van der Waals surface area contributed by atoms with Gasteiger partial charge in [0.25, 0.3) is 5.91 Å². The Morgan fingerprint density at radius 1 is 0.897 bits per heavy atom. The number of nitrogens with zero attached hydrogens (tertiary/aromatic N) is 1. The largest absolute Gasteiger partial charge is 0.497 e. The lowest BCUT2D eigenvalue weighted by molar-refractivity contribution is -0.123. The Balaban J connectivity index is 1.65. The molecule has 0 aliphatic carbocycles. The van der Waals surface area contributed by atoms with Crippen molar-refractivity contribution in [1.29, 1.82) is 0 Å². The van der Waals surface area contributed by atoms with Gasteiger partial charge < -0.3 is 9.47 Å². The molecule has 0 fully saturated rings. The van der Waals surface area contributed by atoms with E-state index in [2.05, 4.69) is 10.5 Å². The molecule has 29 heavy (non-hydrogen) atoms. The van der Waals surface area contributed by atoms with Gasteiger partial charge in [0.05, 0.1) is 12.8 Å². The van der Waals surface area contributed by atoms with Gasteiger partial charge >= 0.3 is 0 Å². The fraction of sp³-hybridized carbons (Fsp3) is 0.0833. The number of amides is 1. The standard InChI is InChI=1S/C24H22N2O3/c1-28-21-13-15-22(16-14-21)29-18-24(27)26-25-23(20-10-6-3-7-11-20)17-12-19-8-4-2-5-9-19/h2-17H,18H2,1H3,(H,26,27). The first-order valence-corrected chi connectivity index (χ1v) is 9.16. The minimum atomic E-state index is -0.345. The van der Waals surface area contributed by atoms with Crippen molar-refractivity contribution in [2.45, 2.75) is 0 Å². The van der Waals surface area contributed by atoms with Crippen LogP contribution in [0.4, 0.5) is 0 Å². The molecule has 3 aromatic rings. The Bertz CT molecular complexity index is 966. The van der Waals surface area contributed by atoms with Gasteiger partial charge in [-0.2, -0.15) is 5.10 Å². The van der Waals surface area contributed by atoms with Gasteiger partial charge in [0.1, 0.15) is 11.5 Å². The third kappa shape index (κ3) is 6.36. The number of hydrogen-bond donors (Lipinski definition) is 1. The van der Waals surface area contributed by atoms with E-state index in [0.29, 0.717) is 11.5 Å². The van der Waals surface area contributed by atoms with Crippen LogP contribution in [0.25, 0.3) is 6.08 Å². The van der Waals surface area contributed by atoms with Crippen LogP contribution in [0.15, 0.2) is 96.1 Å². The molecule has 0 spiro atoms. The van der Waals surface area contributed by atoms with Gasteiger partial charge in [-0.05, 0) is 35.9 Å². The van der Waals surface area contributed by atoms with E-state index in [1.165, 1.54) is 0 Å². The second-order valence-electron chi connectivity index (χ2n) is 6.11. The summed E-state index contributed by atoms with van der Waals surface area (Å²) in [5.74, 6) is 0.962. The van der Waals surface area contributed by atoms with Crippen LogP contribution < -0.4 is 14.9 Å². The van der Waals surface area contributed by atoms with Crippen LogP contribution in [0.2, 0.25) is 0 Å². The number of methoxy groups -OCH3 is 1. The SMILES string of the molecule is COc1ccc(OCC(=O)NN=C(C=Cc2ccccc2)c2ccccc2)cc1. The Morgan fingerprint density at radius 3 is 2.17 bits per heavy atom. The Labute approximate surface area is 170 Å². The van der Waals surface area contributed by atoms with Gasteiger partial charge in [-0.25, -0.2) is 5.43 Å². The van der Waals surface area contributed by atoms with Gasteiger partial charge in [-0.1, -0.05) is 66.7 Å². The fourth-order valence-corrected chi connectivity index (χ4v) is 2.52. The van der Waals surface area contributed by atoms with Crippen molar-refractivity contribution in [3.63, 3.8) is 0 Å². The summed E-state index contributed by atoms with van der Waals surface area (Å²) < 4.78 is 10.6. The number of hydrazone groups is 1. The van der Waals surface area contributed by atoms with E-state index in [-0.39, 0.29) is 12.5 Å². The minimum absolute atomic E-state index is 0.139. The number of carbonyl (C=O) groups excluding carboxylic acids is 1. The van der Waals surface area contributed by atoms with Gasteiger partial charge in [0.15, 0.2) is 6.61 Å². The van der Waals surface area contributed by atoms with E-state index in [1.54, 1.807) is 31.4 Å². The first-order valence-electron chi connectivity index (χ1n) is 9.16. The topological polar surface area (TPSA) is 59.9 Å². The highest BCUT2D eigenvalue weighted by Gasteiger charge is 2.04. The van der Waals surface area contributed by atoms with Gasteiger partial charge in [-0.3, -0.25) is 4.79 Å². The number of ether oxygens (including phenoxy) is 2. The van der Waals surface area contributed by atoms with Gasteiger partial charge in [0.2, 0.25) is 0 Å². The highest BCUT2D eigenvalue weighted by Crippen LogP contribution is 2.16. The summed E-state index contributed by atoms with van der Waals surface area (Å²) in [7, 11) is 1.60. The number of allylic oxidation sites excluding steroid dienone is 1. The van der Waals surface area contributed by atoms with Crippen molar-refractivity contribution in [2.24, 2.45) is 5.10 Å². The molecule has 1 amide bonds. The molecule has 0 aliphatic heterocycles. The van der Waals surface area contributed by atoms with Crippen LogP contribution in [-0.4, -0.2) is 25.3 Å². The van der Waals surface area contributed by atoms with Gasteiger partial charge in [-0.15, -0.1) is 0 Å². The number of hydrogen-bond acceptors (Lipinski definition) is 4. The highest BCUT2D eigenvalue weighted by atomic mass is 16.5. The molecule has 3 aromatic carbocycles. The smallest absolute Gasteiger partial charge is 0.277 e. The minimum Gasteiger partial charge on any atom is -0.497 e. The zero-order valence-electron chi connectivity index (χ0n) is 16.1. The third-order valence-electron chi connectivity index (χ3n) is 4.03. The van der Waals surface area contributed by atoms with E-state index in [0.717, 1.165) is 16.9 Å². The molecule has 0 unspecified atom stereocenters. The van der Waals surface area contributed by atoms with Crippen LogP contribution in [0.5, 0.6) is 11.5 Å². The molecule has 0 aliphatic rings. The fourth-order valence-electron chi connectivity index (χ4n) is 2.52. The van der Waals surface area contributed by atoms with Crippen LogP contribution in [0.1, 0.15) is 11.1 Å². The molecule has 5 heteroatoms. The Hall–Kier alpha value is -3.86. The number of rotatable bonds is 8. The third-order valence-corrected chi connectivity index (χ3v) is 4.03. The molecule has 0 radical (unpaired) electrons. The number of nitrogens with one attached hydrogen (secondary N) is 1. The molecule has 0 saturated heterocycles. The summed E-state index contributed by atoms with van der Waals surface area (Å²) in [5.41, 5.74) is 5.15. The van der Waals surface area contributed by atoms with Crippen LogP contribution in [0, 0.1) is 0 Å². The van der Waals surface area contributed by atoms with Crippen molar-refractivity contribution in [3.8, 4) is 11.5 Å². The molecule has 0 heterocycles. The average molecular weight is 386 g/mol. The molecule has 0 bridgehead atoms. The molecule has 5 nitrogen and oxygen atoms in total. The molecular formula is C24H22N2O3. The molecular weight excluding hydrogens is 364 g/mol. The van der Waals surface area contributed by atoms with Crippen molar-refractivity contribution >= 4 is 17.7 Å². The monoisotopic (exact) mass is 386 g/mol. The maximum atomic E-state index is 12.2. The molecule has 3 rings (SSSR count). The lowest BCUT2D eigenvalue weighted by Crippen LogP contribution is -2.25. The Morgan fingerprint density at radius 2 is 1.52 bits per heavy atom. The highest BCUT2D eigenvalue weighted by molar-refractivity contribution is 6.11. The van der Waals surface area contributed by atoms with Crippen LogP contribution in [-0.2, 0) is 4.79 Å². The predicted molar refractivity (Wildman–Crippen MR) is 115 cm³/mol. The van der Waals surface area contributed by atoms with Crippen molar-refractivity contribution in [2.75, 3.05) is 13.7 Å². The first kappa shape index (κ1) is 19.9. The first-order chi connectivity index (χ1) is 14.2. The van der Waals surface area contributed by atoms with E-state index in [1.807, 2.05) is 72.8 Å². The second kappa shape index (κ2) is 10.5. The zero-order chi connectivity index (χ0) is 20.3. The molecule has 0 aromatic heterocycles. The molecule has 0 saturated carbocycles. The molecule has 1 N–H and O–H groups in total. The summed E-state index contributed by atoms with van der Waals surface area (Å²) in [6, 6.07) is 26.6. The normalized spacial score (nSPS) is 11.3. The van der Waals surface area contributed by atoms with E-state index in [9.17, 15) is 4.79 Å². The summed E-state index contributed by atoms with van der Waals surface area (Å²) in [4.78, 5) is 12.2. The van der Waals surface area contributed by atoms with Crippen molar-refractivity contribution in [3.05, 3.63) is 102 Å². The lowest BCUT2D eigenvalue weighted by atomic mass is 10.1. The number of benzene rings is 3. The quantitative estimate of drug-likeness (QED) is 0.464. The Kier molecular flexibility index (Phi) is 7.18. The molecule has 146 valence electrons. The summed E-state index contributed by atoms with van der Waals surface area (Å²) in [5, 5.41) is 4.28. The number of carbonyl (C=O) groups is 1. The summed E-state index contributed by atoms with van der Waals surface area (Å²) in [6.07, 6.45) is 3.82. The van der Waals surface area contributed by atoms with Crippen LogP contribution in [0.3, 0.4) is 0 Å². The van der Waals surface area contributed by atoms with Gasteiger partial charge in [0, 0.05) is 5.56 Å². The summed E-state index contributed by atoms with van der Waals surface area (Å²) >= 11 is 0. The average Bonchev–Trinajstić information content (AvgIpc) is 2.79. The van der Waals surface area contributed by atoms with E-state index < -0.39 is 0 Å². The lowest BCUT2D eigenvalue weighted by Gasteiger charge is -2.07. The van der Waals surface area contributed by atoms with Crippen molar-refractivity contribution in [1.82, 2.24) is 5.43 Å². The maximum absolute atomic E-state index is 12.2. The van der Waals surface area contributed by atoms with E-state index in [4.69, 9.17) is 9.47 Å². The molecule has 0 atom stereocenters. The predicted octanol–water partition coefficient (Wildman–Crippen LogP) is 4.31. The zero-order valence-corrected chi connectivity index (χ0v) is 16.1.